The molecule has 0 heterocycles. The summed E-state index contributed by atoms with van der Waals surface area (Å²) in [6.45, 7) is -0.113. The standard InChI is InChI=1S/C14H25N5O7.CH3.K/c1-16-19-9(3-5-12(23)24)14(26)18-8(2-4-11(21)22)13(25)17-7-6-10(15)20;;/h8-9,16,19H,2-7H2,1H3,(H6,15,17,18,20,21,22,23,24,25,26);1H3;/q;-1;+1/p-1. The van der Waals surface area contributed by atoms with E-state index in [4.69, 9.17) is 15.9 Å². The van der Waals surface area contributed by atoms with Gasteiger partial charge in [0, 0.05) is 25.8 Å². The summed E-state index contributed by atoms with van der Waals surface area (Å²) in [6, 6.07) is -2.13. The second-order valence-corrected chi connectivity index (χ2v) is 5.34. The van der Waals surface area contributed by atoms with Crippen LogP contribution in [0, 0.1) is 7.43 Å². The van der Waals surface area contributed by atoms with Crippen LogP contribution < -0.4 is 72.9 Å². The van der Waals surface area contributed by atoms with Gasteiger partial charge in [0.25, 0.3) is 0 Å². The quantitative estimate of drug-likeness (QED) is 0.0902. The Bertz CT molecular complexity index is 533. The Balaban J connectivity index is -0.00000312. The minimum absolute atomic E-state index is 0. The molecule has 0 aromatic carbocycles. The van der Waals surface area contributed by atoms with E-state index in [0.717, 1.165) is 0 Å². The van der Waals surface area contributed by atoms with Gasteiger partial charge in [-0.05, 0) is 19.9 Å². The van der Waals surface area contributed by atoms with Crippen molar-refractivity contribution in [2.75, 3.05) is 13.6 Å². The Labute approximate surface area is 206 Å². The number of carbonyl (C=O) groups excluding carboxylic acids is 3. The Morgan fingerprint density at radius 2 is 1.39 bits per heavy atom. The molecule has 0 saturated carbocycles. The van der Waals surface area contributed by atoms with Crippen LogP contribution >= 0.6 is 0 Å². The molecular formula is C15H27KN5O7-. The number of aliphatic carboxylic acids is 2. The monoisotopic (exact) mass is 428 g/mol. The number of carboxylic acids is 2. The van der Waals surface area contributed by atoms with Crippen molar-refractivity contribution < 1.29 is 85.6 Å². The summed E-state index contributed by atoms with van der Waals surface area (Å²) in [5.74, 6) is -4.50. The molecule has 0 fully saturated rings. The molecule has 0 aliphatic heterocycles. The summed E-state index contributed by atoms with van der Waals surface area (Å²) >= 11 is 0. The number of amides is 3. The fraction of sp³-hybridized carbons (Fsp3) is 0.600. The van der Waals surface area contributed by atoms with Gasteiger partial charge in [-0.3, -0.25) is 24.6 Å². The van der Waals surface area contributed by atoms with Crippen molar-refractivity contribution in [1.29, 1.82) is 0 Å². The molecule has 0 aliphatic rings. The van der Waals surface area contributed by atoms with Crippen LogP contribution in [-0.2, 0) is 24.0 Å². The number of nitrogens with one attached hydrogen (secondary N) is 5. The Morgan fingerprint density at radius 1 is 0.893 bits per heavy atom. The van der Waals surface area contributed by atoms with Crippen LogP contribution in [0.2, 0.25) is 0 Å². The molecule has 28 heavy (non-hydrogen) atoms. The molecule has 12 nitrogen and oxygen atoms in total. The second kappa shape index (κ2) is 18.0. The third kappa shape index (κ3) is 15.9. The minimum atomic E-state index is -1.18. The molecule has 0 aliphatic carbocycles. The van der Waals surface area contributed by atoms with E-state index in [9.17, 15) is 24.0 Å². The van der Waals surface area contributed by atoms with Crippen molar-refractivity contribution in [3.05, 3.63) is 13.2 Å². The molecule has 7 N–H and O–H groups in total. The number of carboxylic acid groups (broad SMARTS) is 2. The van der Waals surface area contributed by atoms with Crippen molar-refractivity contribution in [3.8, 4) is 0 Å². The normalized spacial score (nSPS) is 11.8. The largest absolute Gasteiger partial charge is 1.00 e. The maximum atomic E-state index is 12.3. The molecule has 0 rings (SSSR count). The topological polar surface area (TPSA) is 198 Å². The van der Waals surface area contributed by atoms with Gasteiger partial charge < -0.3 is 38.8 Å². The zero-order valence-corrected chi connectivity index (χ0v) is 19.5. The van der Waals surface area contributed by atoms with Crippen LogP contribution in [-0.4, -0.2) is 65.5 Å². The molecular weight excluding hydrogens is 401 g/mol. The Kier molecular flexibility index (Phi) is 20.3. The second-order valence-electron chi connectivity index (χ2n) is 5.34. The molecule has 156 valence electrons. The van der Waals surface area contributed by atoms with Gasteiger partial charge in [0.15, 0.2) is 0 Å². The number of hydrogen-bond acceptors (Lipinski definition) is 7. The molecule has 0 aromatic heterocycles. The van der Waals surface area contributed by atoms with E-state index >= 15 is 0 Å². The first-order valence-electron chi connectivity index (χ1n) is 7.85. The SMILES string of the molecule is CNNC(CCC(=O)O)C(=O)NC(CCC(=O)O)C(=O)NCCC([NH-])=O.[CH3-].[K+]. The van der Waals surface area contributed by atoms with E-state index < -0.39 is 41.7 Å². The van der Waals surface area contributed by atoms with Crippen LogP contribution in [0.25, 0.3) is 5.73 Å². The van der Waals surface area contributed by atoms with Gasteiger partial charge in [0.1, 0.15) is 12.1 Å². The van der Waals surface area contributed by atoms with Crippen molar-refractivity contribution in [1.82, 2.24) is 21.5 Å². The summed E-state index contributed by atoms with van der Waals surface area (Å²) in [5.41, 5.74) is 11.8. The molecule has 0 spiro atoms. The summed E-state index contributed by atoms with van der Waals surface area (Å²) < 4.78 is 0. The molecule has 0 aromatic rings. The molecule has 0 radical (unpaired) electrons. The van der Waals surface area contributed by atoms with Crippen molar-refractivity contribution in [2.45, 2.75) is 44.2 Å². The average Bonchev–Trinajstić information content (AvgIpc) is 2.54. The van der Waals surface area contributed by atoms with Gasteiger partial charge in [0.2, 0.25) is 11.8 Å². The van der Waals surface area contributed by atoms with Gasteiger partial charge in [-0.1, -0.05) is 0 Å². The zero-order chi connectivity index (χ0) is 20.1. The van der Waals surface area contributed by atoms with E-state index in [1.165, 1.54) is 7.05 Å². The smallest absolute Gasteiger partial charge is 0.668 e. The van der Waals surface area contributed by atoms with Crippen molar-refractivity contribution >= 4 is 29.7 Å². The molecule has 2 unspecified atom stereocenters. The van der Waals surface area contributed by atoms with E-state index in [2.05, 4.69) is 21.5 Å². The van der Waals surface area contributed by atoms with Gasteiger partial charge >= 0.3 is 63.3 Å². The fourth-order valence-corrected chi connectivity index (χ4v) is 1.94. The predicted octanol–water partition coefficient (Wildman–Crippen LogP) is -4.17. The summed E-state index contributed by atoms with van der Waals surface area (Å²) in [6.07, 6.45) is -1.12. The van der Waals surface area contributed by atoms with Crippen molar-refractivity contribution in [3.63, 3.8) is 0 Å². The van der Waals surface area contributed by atoms with E-state index in [0.29, 0.717) is 0 Å². The first-order chi connectivity index (χ1) is 12.2. The maximum absolute atomic E-state index is 12.3. The van der Waals surface area contributed by atoms with Crippen LogP contribution in [0.15, 0.2) is 0 Å². The molecule has 2 atom stereocenters. The van der Waals surface area contributed by atoms with Crippen LogP contribution in [0.1, 0.15) is 32.1 Å². The number of hydrogen-bond donors (Lipinski definition) is 6. The van der Waals surface area contributed by atoms with Gasteiger partial charge in [-0.25, -0.2) is 5.43 Å². The number of carbonyl (C=O) groups is 5. The van der Waals surface area contributed by atoms with Crippen molar-refractivity contribution in [2.24, 2.45) is 0 Å². The number of hydrazine groups is 1. The predicted molar refractivity (Wildman–Crippen MR) is 95.0 cm³/mol. The minimum Gasteiger partial charge on any atom is -0.668 e. The third-order valence-electron chi connectivity index (χ3n) is 3.21. The zero-order valence-electron chi connectivity index (χ0n) is 16.3. The summed E-state index contributed by atoms with van der Waals surface area (Å²) in [4.78, 5) is 56.3. The molecule has 3 amide bonds. The fourth-order valence-electron chi connectivity index (χ4n) is 1.94. The Morgan fingerprint density at radius 3 is 1.82 bits per heavy atom. The first kappa shape index (κ1) is 31.6. The number of rotatable bonds is 14. The van der Waals surface area contributed by atoms with E-state index in [1.54, 1.807) is 0 Å². The summed E-state index contributed by atoms with van der Waals surface area (Å²) in [7, 11) is 1.48. The molecule has 0 saturated heterocycles. The van der Waals surface area contributed by atoms with Gasteiger partial charge in [0.05, 0.1) is 5.91 Å². The first-order valence-corrected chi connectivity index (χ1v) is 7.85. The van der Waals surface area contributed by atoms with Gasteiger partial charge in [-0.15, -0.1) is 0 Å². The van der Waals surface area contributed by atoms with E-state index in [1.807, 2.05) is 0 Å². The molecule has 13 heteroatoms. The maximum Gasteiger partial charge on any atom is 1.00 e. The van der Waals surface area contributed by atoms with Crippen LogP contribution in [0.4, 0.5) is 0 Å². The van der Waals surface area contributed by atoms with Crippen LogP contribution in [0.5, 0.6) is 0 Å². The van der Waals surface area contributed by atoms with Gasteiger partial charge in [-0.2, -0.15) is 0 Å². The Hall–Kier alpha value is -1.09. The molecule has 0 bridgehead atoms. The van der Waals surface area contributed by atoms with Crippen LogP contribution in [0.3, 0.4) is 0 Å². The third-order valence-corrected chi connectivity index (χ3v) is 3.21. The summed E-state index contributed by atoms with van der Waals surface area (Å²) in [5, 5.41) is 22.2. The average molecular weight is 429 g/mol. The van der Waals surface area contributed by atoms with E-state index in [-0.39, 0.29) is 97.5 Å².